The van der Waals surface area contributed by atoms with Crippen LogP contribution in [0.5, 0.6) is 0 Å². The Hall–Kier alpha value is -1.44. The molecule has 5 N–H and O–H groups in total. The van der Waals surface area contributed by atoms with E-state index in [9.17, 15) is 5.11 Å². The average molecular weight is 254 g/mol. The minimum Gasteiger partial charge on any atom is -0.387 e. The molecule has 0 saturated carbocycles. The molecule has 7 nitrogen and oxygen atoms in total. The highest BCUT2D eigenvalue weighted by Gasteiger charge is 2.21. The summed E-state index contributed by atoms with van der Waals surface area (Å²) < 4.78 is 0. The predicted octanol–water partition coefficient (Wildman–Crippen LogP) is -0.205. The van der Waals surface area contributed by atoms with Gasteiger partial charge in [0.05, 0.1) is 5.60 Å². The second kappa shape index (κ2) is 5.94. The number of rotatable bonds is 6. The van der Waals surface area contributed by atoms with Crippen LogP contribution in [0.3, 0.4) is 0 Å². The number of aromatic nitrogens is 2. The maximum absolute atomic E-state index is 10.2. The van der Waals surface area contributed by atoms with Crippen molar-refractivity contribution in [3.05, 3.63) is 11.9 Å². The largest absolute Gasteiger partial charge is 0.387 e. The SMILES string of the molecule is Cc1c(NN)ncnc1NCC(C)(O)CN(C)C. The van der Waals surface area contributed by atoms with Gasteiger partial charge in [-0.25, -0.2) is 15.8 Å². The van der Waals surface area contributed by atoms with E-state index in [1.54, 1.807) is 6.92 Å². The molecule has 1 aromatic rings. The molecule has 0 aliphatic rings. The normalized spacial score (nSPS) is 14.4. The summed E-state index contributed by atoms with van der Waals surface area (Å²) in [6, 6.07) is 0. The Balaban J connectivity index is 2.69. The monoisotopic (exact) mass is 254 g/mol. The van der Waals surface area contributed by atoms with Gasteiger partial charge in [0.25, 0.3) is 0 Å². The Morgan fingerprint density at radius 1 is 1.39 bits per heavy atom. The molecule has 1 unspecified atom stereocenters. The highest BCUT2D eigenvalue weighted by molar-refractivity contribution is 5.55. The van der Waals surface area contributed by atoms with Crippen LogP contribution in [0.2, 0.25) is 0 Å². The summed E-state index contributed by atoms with van der Waals surface area (Å²) in [6.07, 6.45) is 1.42. The van der Waals surface area contributed by atoms with Crippen molar-refractivity contribution in [1.29, 1.82) is 0 Å². The lowest BCUT2D eigenvalue weighted by Gasteiger charge is -2.27. The molecule has 0 fully saturated rings. The molecule has 102 valence electrons. The summed E-state index contributed by atoms with van der Waals surface area (Å²) in [4.78, 5) is 10.1. The van der Waals surface area contributed by atoms with E-state index in [2.05, 4.69) is 20.7 Å². The summed E-state index contributed by atoms with van der Waals surface area (Å²) in [5, 5.41) is 13.3. The van der Waals surface area contributed by atoms with Crippen molar-refractivity contribution in [3.63, 3.8) is 0 Å². The minimum absolute atomic E-state index is 0.396. The molecular formula is C11H22N6O. The smallest absolute Gasteiger partial charge is 0.148 e. The summed E-state index contributed by atoms with van der Waals surface area (Å²) >= 11 is 0. The lowest BCUT2D eigenvalue weighted by molar-refractivity contribution is 0.0459. The molecule has 1 heterocycles. The second-order valence-corrected chi connectivity index (χ2v) is 4.93. The van der Waals surface area contributed by atoms with Crippen molar-refractivity contribution in [1.82, 2.24) is 14.9 Å². The van der Waals surface area contributed by atoms with Crippen LogP contribution in [-0.4, -0.2) is 52.8 Å². The fraction of sp³-hybridized carbons (Fsp3) is 0.636. The number of nitrogens with zero attached hydrogens (tertiary/aromatic N) is 3. The van der Waals surface area contributed by atoms with Crippen molar-refractivity contribution in [3.8, 4) is 0 Å². The van der Waals surface area contributed by atoms with Gasteiger partial charge in [-0.05, 0) is 27.9 Å². The standard InChI is InChI=1S/C11H22N6O/c1-8-9(14-7-15-10(8)16-12)13-5-11(2,18)6-17(3)4/h7,18H,5-6,12H2,1-4H3,(H2,13,14,15,16). The van der Waals surface area contributed by atoms with Gasteiger partial charge in [0, 0.05) is 18.7 Å². The Morgan fingerprint density at radius 3 is 2.56 bits per heavy atom. The van der Waals surface area contributed by atoms with Crippen molar-refractivity contribution in [2.75, 3.05) is 37.9 Å². The number of aliphatic hydroxyl groups is 1. The van der Waals surface area contributed by atoms with Gasteiger partial charge in [-0.15, -0.1) is 0 Å². The van der Waals surface area contributed by atoms with Crippen LogP contribution < -0.4 is 16.6 Å². The number of nitrogens with two attached hydrogens (primary N) is 1. The van der Waals surface area contributed by atoms with Gasteiger partial charge >= 0.3 is 0 Å². The molecule has 18 heavy (non-hydrogen) atoms. The fourth-order valence-electron chi connectivity index (χ4n) is 1.79. The van der Waals surface area contributed by atoms with Crippen LogP contribution >= 0.6 is 0 Å². The number of hydrogen-bond donors (Lipinski definition) is 4. The van der Waals surface area contributed by atoms with Crippen LogP contribution in [-0.2, 0) is 0 Å². The van der Waals surface area contributed by atoms with Gasteiger partial charge < -0.3 is 20.7 Å². The number of hydrazine groups is 1. The van der Waals surface area contributed by atoms with E-state index in [1.807, 2.05) is 25.9 Å². The molecule has 7 heteroatoms. The highest BCUT2D eigenvalue weighted by atomic mass is 16.3. The second-order valence-electron chi connectivity index (χ2n) is 4.93. The van der Waals surface area contributed by atoms with Crippen LogP contribution in [0.4, 0.5) is 11.6 Å². The first-order valence-electron chi connectivity index (χ1n) is 5.75. The highest BCUT2D eigenvalue weighted by Crippen LogP contribution is 2.18. The molecule has 0 aliphatic carbocycles. The van der Waals surface area contributed by atoms with Crippen LogP contribution in [0.15, 0.2) is 6.33 Å². The third-order valence-corrected chi connectivity index (χ3v) is 2.51. The number of anilines is 2. The minimum atomic E-state index is -0.836. The third kappa shape index (κ3) is 4.10. The molecule has 0 amide bonds. The topological polar surface area (TPSA) is 99.3 Å². The zero-order chi connectivity index (χ0) is 13.8. The van der Waals surface area contributed by atoms with Crippen molar-refractivity contribution >= 4 is 11.6 Å². The Morgan fingerprint density at radius 2 is 2.00 bits per heavy atom. The Labute approximate surface area is 107 Å². The first-order chi connectivity index (χ1) is 8.35. The summed E-state index contributed by atoms with van der Waals surface area (Å²) in [6.45, 7) is 4.59. The maximum Gasteiger partial charge on any atom is 0.148 e. The van der Waals surface area contributed by atoms with E-state index in [4.69, 9.17) is 5.84 Å². The number of nitrogens with one attached hydrogen (secondary N) is 2. The Bertz CT molecular complexity index is 393. The Kier molecular flexibility index (Phi) is 4.83. The van der Waals surface area contributed by atoms with E-state index >= 15 is 0 Å². The molecule has 1 atom stereocenters. The van der Waals surface area contributed by atoms with Crippen molar-refractivity contribution in [2.45, 2.75) is 19.4 Å². The van der Waals surface area contributed by atoms with Gasteiger partial charge in [0.1, 0.15) is 18.0 Å². The van der Waals surface area contributed by atoms with Crippen LogP contribution in [0, 0.1) is 6.92 Å². The number of hydrogen-bond acceptors (Lipinski definition) is 7. The predicted molar refractivity (Wildman–Crippen MR) is 72.2 cm³/mol. The van der Waals surface area contributed by atoms with E-state index in [1.165, 1.54) is 6.33 Å². The van der Waals surface area contributed by atoms with Crippen LogP contribution in [0.1, 0.15) is 12.5 Å². The lowest BCUT2D eigenvalue weighted by atomic mass is 10.1. The summed E-state index contributed by atoms with van der Waals surface area (Å²) in [5.41, 5.74) is 2.49. The number of nitrogen functional groups attached to an aromatic ring is 1. The lowest BCUT2D eigenvalue weighted by Crippen LogP contribution is -2.43. The van der Waals surface area contributed by atoms with Gasteiger partial charge in [-0.1, -0.05) is 0 Å². The molecule has 0 saturated heterocycles. The van der Waals surface area contributed by atoms with Crippen LogP contribution in [0.25, 0.3) is 0 Å². The van der Waals surface area contributed by atoms with Crippen molar-refractivity contribution in [2.24, 2.45) is 5.84 Å². The van der Waals surface area contributed by atoms with E-state index < -0.39 is 5.60 Å². The summed E-state index contributed by atoms with van der Waals surface area (Å²) in [7, 11) is 3.84. The zero-order valence-electron chi connectivity index (χ0n) is 11.4. The maximum atomic E-state index is 10.2. The first-order valence-corrected chi connectivity index (χ1v) is 5.75. The molecular weight excluding hydrogens is 232 g/mol. The van der Waals surface area contributed by atoms with E-state index in [0.29, 0.717) is 24.7 Å². The van der Waals surface area contributed by atoms with Gasteiger partial charge in [0.2, 0.25) is 0 Å². The molecule has 0 spiro atoms. The number of likely N-dealkylation sites (N-methyl/N-ethyl adjacent to an activating group) is 1. The molecule has 0 bridgehead atoms. The molecule has 1 aromatic heterocycles. The molecule has 1 rings (SSSR count). The third-order valence-electron chi connectivity index (χ3n) is 2.51. The van der Waals surface area contributed by atoms with Crippen molar-refractivity contribution < 1.29 is 5.11 Å². The quantitative estimate of drug-likeness (QED) is 0.412. The zero-order valence-corrected chi connectivity index (χ0v) is 11.4. The van der Waals surface area contributed by atoms with Gasteiger partial charge in [-0.2, -0.15) is 0 Å². The fourth-order valence-corrected chi connectivity index (χ4v) is 1.79. The van der Waals surface area contributed by atoms with E-state index in [-0.39, 0.29) is 0 Å². The first kappa shape index (κ1) is 14.6. The molecule has 0 radical (unpaired) electrons. The van der Waals surface area contributed by atoms with E-state index in [0.717, 1.165) is 5.56 Å². The van der Waals surface area contributed by atoms with Gasteiger partial charge in [-0.3, -0.25) is 0 Å². The average Bonchev–Trinajstić information content (AvgIpc) is 2.26. The molecule has 0 aromatic carbocycles. The summed E-state index contributed by atoms with van der Waals surface area (Å²) in [5.74, 6) is 6.58. The molecule has 0 aliphatic heterocycles. The van der Waals surface area contributed by atoms with Gasteiger partial charge in [0.15, 0.2) is 0 Å².